The molecule has 0 aliphatic rings. The Kier molecular flexibility index (Phi) is 3.09. The van der Waals surface area contributed by atoms with Crippen LogP contribution in [0.2, 0.25) is 0 Å². The Morgan fingerprint density at radius 3 is 2.86 bits per heavy atom. The van der Waals surface area contributed by atoms with Gasteiger partial charge in [0.05, 0.1) is 5.69 Å². The number of rotatable bonds is 3. The van der Waals surface area contributed by atoms with Crippen LogP contribution in [-0.4, -0.2) is 18.4 Å². The summed E-state index contributed by atoms with van der Waals surface area (Å²) >= 11 is 0. The second-order valence-corrected chi connectivity index (χ2v) is 5.91. The van der Waals surface area contributed by atoms with Crippen LogP contribution < -0.4 is 4.72 Å². The average molecular weight is 307 g/mol. The molecule has 2 aromatic heterocycles. The van der Waals surface area contributed by atoms with E-state index in [2.05, 4.69) is 14.7 Å². The highest BCUT2D eigenvalue weighted by Crippen LogP contribution is 2.22. The van der Waals surface area contributed by atoms with Gasteiger partial charge in [0.15, 0.2) is 17.3 Å². The summed E-state index contributed by atoms with van der Waals surface area (Å²) in [6.45, 7) is 1.69. The van der Waals surface area contributed by atoms with Crippen LogP contribution in [0.25, 0.3) is 11.1 Å². The molecule has 0 unspecified atom stereocenters. The summed E-state index contributed by atoms with van der Waals surface area (Å²) in [6, 6.07) is 6.95. The third-order valence-electron chi connectivity index (χ3n) is 2.73. The molecule has 0 radical (unpaired) electrons. The van der Waals surface area contributed by atoms with Crippen molar-refractivity contribution in [3.8, 4) is 0 Å². The summed E-state index contributed by atoms with van der Waals surface area (Å²) in [5.41, 5.74) is 1.30. The second-order valence-electron chi connectivity index (χ2n) is 4.31. The van der Waals surface area contributed by atoms with Crippen LogP contribution in [0.3, 0.4) is 0 Å². The lowest BCUT2D eigenvalue weighted by Crippen LogP contribution is -2.16. The summed E-state index contributed by atoms with van der Waals surface area (Å²) in [5, 5.41) is -0.651. The number of sulfonamides is 1. The van der Waals surface area contributed by atoms with E-state index in [1.165, 1.54) is 24.4 Å². The number of oxazole rings is 1. The van der Waals surface area contributed by atoms with Crippen molar-refractivity contribution >= 4 is 26.8 Å². The van der Waals surface area contributed by atoms with Crippen LogP contribution in [0.1, 0.15) is 5.89 Å². The average Bonchev–Trinajstić information content (AvgIpc) is 2.78. The number of aryl methyl sites for hydroxylation is 1. The molecule has 21 heavy (non-hydrogen) atoms. The van der Waals surface area contributed by atoms with Gasteiger partial charge in [-0.2, -0.15) is 8.42 Å². The van der Waals surface area contributed by atoms with Crippen LogP contribution in [0.15, 0.2) is 46.0 Å². The molecular weight excluding hydrogens is 297 g/mol. The normalized spacial score (nSPS) is 11.7. The van der Waals surface area contributed by atoms with Crippen molar-refractivity contribution in [3.63, 3.8) is 0 Å². The first-order valence-electron chi connectivity index (χ1n) is 5.96. The zero-order valence-electron chi connectivity index (χ0n) is 10.9. The Bertz CT molecular complexity index is 921. The van der Waals surface area contributed by atoms with Crippen molar-refractivity contribution in [1.29, 1.82) is 0 Å². The van der Waals surface area contributed by atoms with Crippen LogP contribution >= 0.6 is 0 Å². The molecule has 0 saturated carbocycles. The number of benzene rings is 1. The number of pyridine rings is 1. The summed E-state index contributed by atoms with van der Waals surface area (Å²) in [4.78, 5) is 7.66. The Morgan fingerprint density at radius 2 is 2.10 bits per heavy atom. The maximum Gasteiger partial charge on any atom is 0.282 e. The molecule has 3 aromatic rings. The van der Waals surface area contributed by atoms with E-state index in [0.717, 1.165) is 6.07 Å². The number of fused-ring (bicyclic) bond motifs is 1. The van der Waals surface area contributed by atoms with Gasteiger partial charge in [-0.3, -0.25) is 4.72 Å². The topological polar surface area (TPSA) is 85.1 Å². The van der Waals surface area contributed by atoms with Gasteiger partial charge in [-0.05, 0) is 30.3 Å². The lowest BCUT2D eigenvalue weighted by Gasteiger charge is -2.07. The maximum absolute atomic E-state index is 13.5. The van der Waals surface area contributed by atoms with Gasteiger partial charge < -0.3 is 4.42 Å². The second kappa shape index (κ2) is 4.81. The van der Waals surface area contributed by atoms with Gasteiger partial charge >= 0.3 is 0 Å². The lowest BCUT2D eigenvalue weighted by molar-refractivity contribution is 0.556. The molecule has 0 aliphatic heterocycles. The summed E-state index contributed by atoms with van der Waals surface area (Å²) < 4.78 is 45.3. The van der Waals surface area contributed by atoms with Crippen molar-refractivity contribution < 1.29 is 17.2 Å². The Balaban J connectivity index is 1.99. The Morgan fingerprint density at radius 1 is 1.29 bits per heavy atom. The molecule has 0 aliphatic carbocycles. The molecule has 2 heterocycles. The van der Waals surface area contributed by atoms with Crippen LogP contribution in [0, 0.1) is 12.7 Å². The number of hydrogen-bond acceptors (Lipinski definition) is 5. The number of hydrogen-bond donors (Lipinski definition) is 1. The highest BCUT2D eigenvalue weighted by atomic mass is 32.2. The smallest absolute Gasteiger partial charge is 0.282 e. The van der Waals surface area contributed by atoms with E-state index < -0.39 is 20.9 Å². The maximum atomic E-state index is 13.5. The van der Waals surface area contributed by atoms with Gasteiger partial charge in [0.25, 0.3) is 10.0 Å². The molecule has 1 N–H and O–H groups in total. The molecule has 1 aromatic carbocycles. The van der Waals surface area contributed by atoms with Crippen LogP contribution in [0.4, 0.5) is 10.1 Å². The fourth-order valence-electron chi connectivity index (χ4n) is 1.88. The highest BCUT2D eigenvalue weighted by molar-refractivity contribution is 7.92. The molecule has 6 nitrogen and oxygen atoms in total. The molecule has 3 rings (SSSR count). The first kappa shape index (κ1) is 13.5. The minimum absolute atomic E-state index is 0.251. The number of anilines is 1. The van der Waals surface area contributed by atoms with Gasteiger partial charge in [0.2, 0.25) is 5.03 Å². The largest absolute Gasteiger partial charge is 0.441 e. The summed E-state index contributed by atoms with van der Waals surface area (Å²) in [5.74, 6) is -0.441. The van der Waals surface area contributed by atoms with E-state index in [0.29, 0.717) is 17.0 Å². The van der Waals surface area contributed by atoms with Gasteiger partial charge in [-0.15, -0.1) is 0 Å². The van der Waals surface area contributed by atoms with E-state index in [1.807, 2.05) is 0 Å². The molecular formula is C13H10FN3O3S. The zero-order chi connectivity index (χ0) is 15.0. The molecule has 0 spiro atoms. The minimum atomic E-state index is -4.10. The Labute approximate surface area is 119 Å². The predicted octanol–water partition coefficient (Wildman–Crippen LogP) is 2.47. The molecule has 0 fully saturated rings. The number of halogens is 1. The first-order valence-corrected chi connectivity index (χ1v) is 7.44. The molecule has 108 valence electrons. The Hall–Kier alpha value is -2.48. The number of nitrogens with zero attached hydrogens (tertiary/aromatic N) is 2. The molecule has 8 heteroatoms. The van der Waals surface area contributed by atoms with Gasteiger partial charge in [-0.25, -0.2) is 14.4 Å². The molecule has 0 amide bonds. The van der Waals surface area contributed by atoms with E-state index in [-0.39, 0.29) is 5.69 Å². The summed E-state index contributed by atoms with van der Waals surface area (Å²) in [7, 11) is -4.10. The fourth-order valence-corrected chi connectivity index (χ4v) is 2.94. The van der Waals surface area contributed by atoms with Gasteiger partial charge in [0.1, 0.15) is 5.52 Å². The van der Waals surface area contributed by atoms with Gasteiger partial charge in [-0.1, -0.05) is 0 Å². The van der Waals surface area contributed by atoms with Crippen molar-refractivity contribution in [3.05, 3.63) is 48.2 Å². The number of aromatic nitrogens is 2. The van der Waals surface area contributed by atoms with Gasteiger partial charge in [0, 0.05) is 13.1 Å². The monoisotopic (exact) mass is 307 g/mol. The van der Waals surface area contributed by atoms with Crippen LogP contribution in [0.5, 0.6) is 0 Å². The van der Waals surface area contributed by atoms with E-state index in [1.54, 1.807) is 13.0 Å². The van der Waals surface area contributed by atoms with Crippen molar-refractivity contribution in [2.24, 2.45) is 0 Å². The molecule has 0 saturated heterocycles. The van der Waals surface area contributed by atoms with Crippen molar-refractivity contribution in [1.82, 2.24) is 9.97 Å². The zero-order valence-corrected chi connectivity index (χ0v) is 11.7. The third-order valence-corrected chi connectivity index (χ3v) is 4.04. The quantitative estimate of drug-likeness (QED) is 0.803. The minimum Gasteiger partial charge on any atom is -0.441 e. The SMILES string of the molecule is Cc1nc2cc(NS(=O)(=O)c3ncccc3F)ccc2o1. The predicted molar refractivity (Wildman–Crippen MR) is 73.7 cm³/mol. The third kappa shape index (κ3) is 2.57. The summed E-state index contributed by atoms with van der Waals surface area (Å²) in [6.07, 6.45) is 1.21. The molecule has 0 bridgehead atoms. The van der Waals surface area contributed by atoms with E-state index in [4.69, 9.17) is 4.42 Å². The number of nitrogens with one attached hydrogen (secondary N) is 1. The van der Waals surface area contributed by atoms with Crippen molar-refractivity contribution in [2.75, 3.05) is 4.72 Å². The highest BCUT2D eigenvalue weighted by Gasteiger charge is 2.20. The lowest BCUT2D eigenvalue weighted by atomic mass is 10.3. The first-order chi connectivity index (χ1) is 9.95. The standard InChI is InChI=1S/C13H10FN3O3S/c1-8-16-11-7-9(4-5-12(11)20-8)17-21(18,19)13-10(14)3-2-6-15-13/h2-7,17H,1H3. The van der Waals surface area contributed by atoms with Crippen molar-refractivity contribution in [2.45, 2.75) is 11.9 Å². The van der Waals surface area contributed by atoms with E-state index >= 15 is 0 Å². The molecule has 0 atom stereocenters. The van der Waals surface area contributed by atoms with E-state index in [9.17, 15) is 12.8 Å². The fraction of sp³-hybridized carbons (Fsp3) is 0.0769. The van der Waals surface area contributed by atoms with Crippen LogP contribution in [-0.2, 0) is 10.0 Å².